The summed E-state index contributed by atoms with van der Waals surface area (Å²) in [5.74, 6) is 0.303. The van der Waals surface area contributed by atoms with E-state index in [1.807, 2.05) is 25.3 Å². The summed E-state index contributed by atoms with van der Waals surface area (Å²) >= 11 is 5.89. The summed E-state index contributed by atoms with van der Waals surface area (Å²) in [6, 6.07) is 6.53. The Labute approximate surface area is 168 Å². The summed E-state index contributed by atoms with van der Waals surface area (Å²) in [6.07, 6.45) is 2.38. The first kappa shape index (κ1) is 20.0. The number of imidazole rings is 1. The lowest BCUT2D eigenvalue weighted by Crippen LogP contribution is -2.24. The molecule has 0 fully saturated rings. The molecule has 9 heteroatoms. The van der Waals surface area contributed by atoms with E-state index >= 15 is 0 Å². The Bertz CT molecular complexity index is 966. The molecule has 0 aliphatic rings. The first-order chi connectivity index (χ1) is 13.4. The number of rotatable bonds is 7. The molecule has 1 amide bonds. The number of aromatic nitrogens is 4. The molecule has 3 rings (SSSR count). The number of nitrogens with zero attached hydrogens (tertiary/aromatic N) is 4. The monoisotopic (exact) mass is 402 g/mol. The number of anilines is 2. The highest BCUT2D eigenvalue weighted by atomic mass is 35.5. The van der Waals surface area contributed by atoms with Gasteiger partial charge in [-0.25, -0.2) is 4.98 Å². The summed E-state index contributed by atoms with van der Waals surface area (Å²) < 4.78 is 1.90. The van der Waals surface area contributed by atoms with Crippen molar-refractivity contribution in [3.8, 4) is 0 Å². The van der Waals surface area contributed by atoms with E-state index in [4.69, 9.17) is 11.6 Å². The van der Waals surface area contributed by atoms with Crippen molar-refractivity contribution in [1.82, 2.24) is 19.5 Å². The number of hydrogen-bond donors (Lipinski definition) is 3. The zero-order valence-corrected chi connectivity index (χ0v) is 16.7. The molecule has 0 saturated carbocycles. The summed E-state index contributed by atoms with van der Waals surface area (Å²) in [5.41, 5.74) is 1.56. The summed E-state index contributed by atoms with van der Waals surface area (Å²) in [6.45, 7) is 5.94. The minimum atomic E-state index is -0.323. The second-order valence-corrected chi connectivity index (χ2v) is 7.14. The van der Waals surface area contributed by atoms with Crippen molar-refractivity contribution < 1.29 is 9.90 Å². The Hall–Kier alpha value is -2.71. The lowest BCUT2D eigenvalue weighted by atomic mass is 10.2. The van der Waals surface area contributed by atoms with Crippen molar-refractivity contribution in [2.24, 2.45) is 0 Å². The van der Waals surface area contributed by atoms with Gasteiger partial charge in [0.05, 0.1) is 19.0 Å². The van der Waals surface area contributed by atoms with E-state index < -0.39 is 0 Å². The molecule has 28 heavy (non-hydrogen) atoms. The van der Waals surface area contributed by atoms with Gasteiger partial charge in [-0.1, -0.05) is 18.5 Å². The fraction of sp³-hybridized carbons (Fsp3) is 0.368. The largest absolute Gasteiger partial charge is 0.394 e. The summed E-state index contributed by atoms with van der Waals surface area (Å²) in [4.78, 5) is 26.0. The third kappa shape index (κ3) is 4.23. The van der Waals surface area contributed by atoms with Crippen molar-refractivity contribution in [2.45, 2.75) is 39.3 Å². The first-order valence-corrected chi connectivity index (χ1v) is 9.49. The van der Waals surface area contributed by atoms with Crippen LogP contribution < -0.4 is 10.6 Å². The topological polar surface area (TPSA) is 105 Å². The van der Waals surface area contributed by atoms with E-state index in [2.05, 4.69) is 25.6 Å². The third-order valence-corrected chi connectivity index (χ3v) is 4.61. The van der Waals surface area contributed by atoms with Gasteiger partial charge in [-0.3, -0.25) is 4.79 Å². The van der Waals surface area contributed by atoms with Crippen LogP contribution in [0.5, 0.6) is 0 Å². The Kier molecular flexibility index (Phi) is 6.11. The quantitative estimate of drug-likeness (QED) is 0.558. The standard InChI is InChI=1S/C19H23ClN6O2/c1-4-14(9-27)22-19-24-16(15-17(25-19)26(10-21-15)11(2)3)23-18(28)12-5-7-13(20)8-6-12/h5-8,10-11,14,27H,4,9H2,1-3H3,(H2,22,23,24,25,28)/t14-/m1/s1. The second-order valence-electron chi connectivity index (χ2n) is 6.71. The number of carbonyl (C=O) groups excluding carboxylic acids is 1. The molecule has 8 nitrogen and oxygen atoms in total. The van der Waals surface area contributed by atoms with E-state index in [1.54, 1.807) is 30.6 Å². The molecule has 3 aromatic rings. The first-order valence-electron chi connectivity index (χ1n) is 9.11. The highest BCUT2D eigenvalue weighted by molar-refractivity contribution is 6.30. The maximum Gasteiger partial charge on any atom is 0.256 e. The molecule has 0 bridgehead atoms. The van der Waals surface area contributed by atoms with Gasteiger partial charge in [0.15, 0.2) is 17.0 Å². The van der Waals surface area contributed by atoms with Crippen LogP contribution in [0, 0.1) is 0 Å². The number of fused-ring (bicyclic) bond motifs is 1. The van der Waals surface area contributed by atoms with E-state index in [0.29, 0.717) is 39.9 Å². The van der Waals surface area contributed by atoms with Crippen LogP contribution in [0.25, 0.3) is 11.2 Å². The van der Waals surface area contributed by atoms with Gasteiger partial charge in [0.25, 0.3) is 5.91 Å². The minimum Gasteiger partial charge on any atom is -0.394 e. The predicted molar refractivity (Wildman–Crippen MR) is 110 cm³/mol. The third-order valence-electron chi connectivity index (χ3n) is 4.36. The zero-order valence-electron chi connectivity index (χ0n) is 16.0. The van der Waals surface area contributed by atoms with Crippen LogP contribution in [0.4, 0.5) is 11.8 Å². The molecule has 3 N–H and O–H groups in total. The van der Waals surface area contributed by atoms with E-state index in [-0.39, 0.29) is 24.6 Å². The number of aliphatic hydroxyl groups excluding tert-OH is 1. The van der Waals surface area contributed by atoms with Gasteiger partial charge in [-0.2, -0.15) is 9.97 Å². The maximum absolute atomic E-state index is 12.6. The molecule has 0 aliphatic heterocycles. The van der Waals surface area contributed by atoms with Gasteiger partial charge in [0, 0.05) is 16.6 Å². The molecule has 2 aromatic heterocycles. The van der Waals surface area contributed by atoms with E-state index in [9.17, 15) is 9.90 Å². The van der Waals surface area contributed by atoms with Gasteiger partial charge in [0.2, 0.25) is 5.95 Å². The lowest BCUT2D eigenvalue weighted by molar-refractivity contribution is 0.102. The van der Waals surface area contributed by atoms with Crippen molar-refractivity contribution in [3.63, 3.8) is 0 Å². The van der Waals surface area contributed by atoms with Gasteiger partial charge >= 0.3 is 0 Å². The Morgan fingerprint density at radius 1 is 1.25 bits per heavy atom. The number of hydrogen-bond acceptors (Lipinski definition) is 6. The molecule has 0 unspecified atom stereocenters. The van der Waals surface area contributed by atoms with Crippen molar-refractivity contribution >= 4 is 40.4 Å². The van der Waals surface area contributed by atoms with Crippen LogP contribution in [0.2, 0.25) is 5.02 Å². The smallest absolute Gasteiger partial charge is 0.256 e. The molecule has 0 radical (unpaired) electrons. The van der Waals surface area contributed by atoms with E-state index in [0.717, 1.165) is 0 Å². The highest BCUT2D eigenvalue weighted by Crippen LogP contribution is 2.24. The van der Waals surface area contributed by atoms with Crippen LogP contribution >= 0.6 is 11.6 Å². The number of aliphatic hydroxyl groups is 1. The van der Waals surface area contributed by atoms with Crippen LogP contribution in [0.15, 0.2) is 30.6 Å². The van der Waals surface area contributed by atoms with Crippen molar-refractivity contribution in [3.05, 3.63) is 41.2 Å². The van der Waals surface area contributed by atoms with Crippen molar-refractivity contribution in [1.29, 1.82) is 0 Å². The van der Waals surface area contributed by atoms with Crippen LogP contribution in [0.1, 0.15) is 43.6 Å². The molecular formula is C19H23ClN6O2. The van der Waals surface area contributed by atoms with E-state index in [1.165, 1.54) is 0 Å². The zero-order chi connectivity index (χ0) is 20.3. The molecule has 0 saturated heterocycles. The molecular weight excluding hydrogens is 380 g/mol. The summed E-state index contributed by atoms with van der Waals surface area (Å²) in [5, 5.41) is 15.9. The minimum absolute atomic E-state index is 0.0478. The van der Waals surface area contributed by atoms with Gasteiger partial charge in [-0.05, 0) is 44.5 Å². The average Bonchev–Trinajstić information content (AvgIpc) is 3.11. The van der Waals surface area contributed by atoms with Gasteiger partial charge in [-0.15, -0.1) is 0 Å². The van der Waals surface area contributed by atoms with Crippen molar-refractivity contribution in [2.75, 3.05) is 17.2 Å². The molecule has 1 atom stereocenters. The average molecular weight is 403 g/mol. The Balaban J connectivity index is 2.01. The number of benzene rings is 1. The number of nitrogens with one attached hydrogen (secondary N) is 2. The second kappa shape index (κ2) is 8.53. The normalized spacial score (nSPS) is 12.4. The highest BCUT2D eigenvalue weighted by Gasteiger charge is 2.18. The maximum atomic E-state index is 12.6. The molecule has 2 heterocycles. The molecule has 0 spiro atoms. The fourth-order valence-corrected chi connectivity index (χ4v) is 2.81. The lowest BCUT2D eigenvalue weighted by Gasteiger charge is -2.16. The van der Waals surface area contributed by atoms with Crippen LogP contribution in [-0.4, -0.2) is 43.2 Å². The van der Waals surface area contributed by atoms with Crippen LogP contribution in [0.3, 0.4) is 0 Å². The molecule has 148 valence electrons. The Morgan fingerprint density at radius 3 is 2.57 bits per heavy atom. The molecule has 0 aliphatic carbocycles. The fourth-order valence-electron chi connectivity index (χ4n) is 2.69. The SMILES string of the molecule is CC[C@H](CO)Nc1nc(NC(=O)c2ccc(Cl)cc2)c2ncn(C(C)C)c2n1. The van der Waals surface area contributed by atoms with Gasteiger partial charge < -0.3 is 20.3 Å². The van der Waals surface area contributed by atoms with Gasteiger partial charge in [0.1, 0.15) is 0 Å². The van der Waals surface area contributed by atoms with Crippen LogP contribution in [-0.2, 0) is 0 Å². The molecule has 1 aromatic carbocycles. The summed E-state index contributed by atoms with van der Waals surface area (Å²) in [7, 11) is 0. The number of carbonyl (C=O) groups is 1. The number of halogens is 1. The Morgan fingerprint density at radius 2 is 1.96 bits per heavy atom. The predicted octanol–water partition coefficient (Wildman–Crippen LogP) is 3.50. The number of amides is 1.